The first-order valence-corrected chi connectivity index (χ1v) is 8.60. The molecule has 0 amide bonds. The molecule has 0 saturated carbocycles. The van der Waals surface area contributed by atoms with E-state index >= 15 is 0 Å². The third-order valence-corrected chi connectivity index (χ3v) is 4.28. The predicted octanol–water partition coefficient (Wildman–Crippen LogP) is 1.97. The van der Waals surface area contributed by atoms with E-state index in [1.165, 1.54) is 5.56 Å². The number of fused-ring (bicyclic) bond motifs is 1. The first-order chi connectivity index (χ1) is 11.7. The van der Waals surface area contributed by atoms with Gasteiger partial charge in [0, 0.05) is 32.3 Å². The lowest BCUT2D eigenvalue weighted by Crippen LogP contribution is -2.38. The quantitative estimate of drug-likeness (QED) is 0.843. The summed E-state index contributed by atoms with van der Waals surface area (Å²) in [6.07, 6.45) is 3.26. The fraction of sp³-hybridized carbons (Fsp3) is 0.474. The lowest BCUT2D eigenvalue weighted by atomic mass is 10.1. The molecule has 5 nitrogen and oxygen atoms in total. The van der Waals surface area contributed by atoms with E-state index < -0.39 is 6.10 Å². The van der Waals surface area contributed by atoms with Crippen molar-refractivity contribution in [2.24, 2.45) is 0 Å². The zero-order valence-electron chi connectivity index (χ0n) is 14.2. The number of hydrogen-bond acceptors (Lipinski definition) is 5. The largest absolute Gasteiger partial charge is 0.389 e. The van der Waals surface area contributed by atoms with Gasteiger partial charge in [-0.15, -0.1) is 0 Å². The molecule has 0 fully saturated rings. The zero-order chi connectivity index (χ0) is 16.8. The third-order valence-electron chi connectivity index (χ3n) is 4.28. The van der Waals surface area contributed by atoms with Crippen molar-refractivity contribution in [3.63, 3.8) is 0 Å². The summed E-state index contributed by atoms with van der Waals surface area (Å²) in [5, 5.41) is 10.2. The van der Waals surface area contributed by atoms with Gasteiger partial charge in [0.25, 0.3) is 0 Å². The molecule has 128 valence electrons. The Morgan fingerprint density at radius 2 is 2.12 bits per heavy atom. The van der Waals surface area contributed by atoms with Crippen molar-refractivity contribution in [3.8, 4) is 0 Å². The smallest absolute Gasteiger partial charge is 0.128 e. The first-order valence-electron chi connectivity index (χ1n) is 8.60. The maximum absolute atomic E-state index is 10.2. The molecule has 1 aromatic heterocycles. The Hall–Kier alpha value is -1.82. The number of rotatable bonds is 7. The fourth-order valence-electron chi connectivity index (χ4n) is 2.96. The minimum atomic E-state index is -0.484. The normalized spacial score (nSPS) is 15.9. The van der Waals surface area contributed by atoms with E-state index in [4.69, 9.17) is 4.74 Å². The van der Waals surface area contributed by atoms with Gasteiger partial charge in [-0.2, -0.15) is 0 Å². The van der Waals surface area contributed by atoms with Gasteiger partial charge in [-0.05, 0) is 17.5 Å². The highest BCUT2D eigenvalue weighted by atomic mass is 16.5. The van der Waals surface area contributed by atoms with E-state index in [2.05, 4.69) is 21.8 Å². The second-order valence-electron chi connectivity index (χ2n) is 6.25. The van der Waals surface area contributed by atoms with Gasteiger partial charge in [-0.1, -0.05) is 37.3 Å². The van der Waals surface area contributed by atoms with Gasteiger partial charge in [-0.3, -0.25) is 4.90 Å². The number of ether oxygens (including phenoxy) is 1. The molecule has 24 heavy (non-hydrogen) atoms. The molecule has 1 N–H and O–H groups in total. The lowest BCUT2D eigenvalue weighted by Gasteiger charge is -2.29. The molecule has 1 aromatic carbocycles. The highest BCUT2D eigenvalue weighted by molar-refractivity contribution is 5.20. The Bertz CT molecular complexity index is 648. The second kappa shape index (κ2) is 8.33. The molecule has 0 radical (unpaired) electrons. The van der Waals surface area contributed by atoms with Crippen LogP contribution in [0.3, 0.4) is 0 Å². The van der Waals surface area contributed by atoms with Crippen LogP contribution >= 0.6 is 0 Å². The molecule has 0 aliphatic carbocycles. The van der Waals surface area contributed by atoms with Crippen LogP contribution in [0.4, 0.5) is 0 Å². The number of aliphatic hydroxyl groups is 1. The Morgan fingerprint density at radius 1 is 1.29 bits per heavy atom. The van der Waals surface area contributed by atoms with Crippen LogP contribution < -0.4 is 0 Å². The SMILES string of the molecule is CCc1ncc2c(n1)CN(C[C@@H](O)COCc1ccccc1)CC2. The summed E-state index contributed by atoms with van der Waals surface area (Å²) in [5.41, 5.74) is 3.46. The number of hydrogen-bond donors (Lipinski definition) is 1. The van der Waals surface area contributed by atoms with Crippen molar-refractivity contribution in [3.05, 3.63) is 59.2 Å². The molecule has 0 bridgehead atoms. The number of β-amino-alcohol motifs (C(OH)–C–C–N with tert-alkyl or cyclic N) is 1. The second-order valence-corrected chi connectivity index (χ2v) is 6.25. The van der Waals surface area contributed by atoms with Crippen LogP contribution in [0.15, 0.2) is 36.5 Å². The average Bonchev–Trinajstić information content (AvgIpc) is 2.62. The Labute approximate surface area is 143 Å². The van der Waals surface area contributed by atoms with Gasteiger partial charge in [0.15, 0.2) is 0 Å². The van der Waals surface area contributed by atoms with Crippen molar-refractivity contribution in [1.82, 2.24) is 14.9 Å². The number of nitrogens with zero attached hydrogens (tertiary/aromatic N) is 3. The van der Waals surface area contributed by atoms with Crippen LogP contribution in [-0.2, 0) is 30.7 Å². The van der Waals surface area contributed by atoms with Gasteiger partial charge < -0.3 is 9.84 Å². The van der Waals surface area contributed by atoms with Gasteiger partial charge in [0.05, 0.1) is 25.0 Å². The molecule has 0 spiro atoms. The molecular weight excluding hydrogens is 302 g/mol. The van der Waals surface area contributed by atoms with E-state index in [0.717, 1.165) is 43.0 Å². The number of aliphatic hydroxyl groups excluding tert-OH is 1. The molecular formula is C19H25N3O2. The Balaban J connectivity index is 1.46. The summed E-state index contributed by atoms with van der Waals surface area (Å²) in [5.74, 6) is 0.891. The minimum absolute atomic E-state index is 0.349. The fourth-order valence-corrected chi connectivity index (χ4v) is 2.96. The zero-order valence-corrected chi connectivity index (χ0v) is 14.2. The predicted molar refractivity (Wildman–Crippen MR) is 92.5 cm³/mol. The van der Waals surface area contributed by atoms with Crippen LogP contribution in [-0.4, -0.2) is 45.8 Å². The molecule has 1 aliphatic rings. The van der Waals surface area contributed by atoms with Crippen LogP contribution in [0, 0.1) is 0 Å². The van der Waals surface area contributed by atoms with Crippen molar-refractivity contribution >= 4 is 0 Å². The molecule has 0 saturated heterocycles. The summed E-state index contributed by atoms with van der Waals surface area (Å²) < 4.78 is 5.63. The standard InChI is InChI=1S/C19H25N3O2/c1-2-19-20-10-16-8-9-22(12-18(16)21-19)11-17(23)14-24-13-15-6-4-3-5-7-15/h3-7,10,17,23H,2,8-9,11-14H2,1H3/t17-/m1/s1. The van der Waals surface area contributed by atoms with Crippen molar-refractivity contribution in [2.45, 2.75) is 39.0 Å². The topological polar surface area (TPSA) is 58.5 Å². The summed E-state index contributed by atoms with van der Waals surface area (Å²) in [4.78, 5) is 11.2. The van der Waals surface area contributed by atoms with Gasteiger partial charge in [0.2, 0.25) is 0 Å². The molecule has 2 heterocycles. The van der Waals surface area contributed by atoms with E-state index in [-0.39, 0.29) is 0 Å². The highest BCUT2D eigenvalue weighted by Crippen LogP contribution is 2.16. The van der Waals surface area contributed by atoms with Crippen molar-refractivity contribution in [2.75, 3.05) is 19.7 Å². The van der Waals surface area contributed by atoms with Crippen molar-refractivity contribution < 1.29 is 9.84 Å². The average molecular weight is 327 g/mol. The monoisotopic (exact) mass is 327 g/mol. The Kier molecular flexibility index (Phi) is 5.91. The molecule has 5 heteroatoms. The minimum Gasteiger partial charge on any atom is -0.389 e. The highest BCUT2D eigenvalue weighted by Gasteiger charge is 2.20. The lowest BCUT2D eigenvalue weighted by molar-refractivity contribution is 0.00747. The van der Waals surface area contributed by atoms with E-state index in [9.17, 15) is 5.11 Å². The molecule has 1 aliphatic heterocycles. The molecule has 1 atom stereocenters. The summed E-state index contributed by atoms with van der Waals surface area (Å²) in [6.45, 7) is 5.27. The van der Waals surface area contributed by atoms with Crippen LogP contribution in [0.2, 0.25) is 0 Å². The Morgan fingerprint density at radius 3 is 2.92 bits per heavy atom. The molecule has 2 aromatic rings. The van der Waals surface area contributed by atoms with Crippen LogP contribution in [0.1, 0.15) is 29.6 Å². The van der Waals surface area contributed by atoms with Gasteiger partial charge in [0.1, 0.15) is 5.82 Å². The van der Waals surface area contributed by atoms with E-state index in [0.29, 0.717) is 19.8 Å². The number of benzene rings is 1. The van der Waals surface area contributed by atoms with Crippen molar-refractivity contribution in [1.29, 1.82) is 0 Å². The molecule has 3 rings (SSSR count). The van der Waals surface area contributed by atoms with E-state index in [1.807, 2.05) is 36.5 Å². The van der Waals surface area contributed by atoms with E-state index in [1.54, 1.807) is 0 Å². The molecule has 0 unspecified atom stereocenters. The maximum Gasteiger partial charge on any atom is 0.128 e. The first kappa shape index (κ1) is 17.0. The summed E-state index contributed by atoms with van der Waals surface area (Å²) in [7, 11) is 0. The van der Waals surface area contributed by atoms with Gasteiger partial charge in [-0.25, -0.2) is 9.97 Å². The number of aryl methyl sites for hydroxylation is 1. The van der Waals surface area contributed by atoms with Gasteiger partial charge >= 0.3 is 0 Å². The van der Waals surface area contributed by atoms with Crippen LogP contribution in [0.25, 0.3) is 0 Å². The number of aromatic nitrogens is 2. The summed E-state index contributed by atoms with van der Waals surface area (Å²) in [6, 6.07) is 10.0. The maximum atomic E-state index is 10.2. The third kappa shape index (κ3) is 4.60. The summed E-state index contributed by atoms with van der Waals surface area (Å²) >= 11 is 0. The van der Waals surface area contributed by atoms with Crippen LogP contribution in [0.5, 0.6) is 0 Å².